The zero-order chi connectivity index (χ0) is 19.1. The van der Waals surface area contributed by atoms with Gasteiger partial charge in [0, 0.05) is 22.4 Å². The maximum absolute atomic E-state index is 13.1. The average molecular weight is 388 g/mol. The zero-order valence-corrected chi connectivity index (χ0v) is 16.2. The Hall–Kier alpha value is -2.79. The highest BCUT2D eigenvalue weighted by Gasteiger charge is 2.35. The summed E-state index contributed by atoms with van der Waals surface area (Å²) in [5.41, 5.74) is 4.14. The molecule has 1 unspecified atom stereocenters. The second kappa shape index (κ2) is 6.99. The molecule has 0 radical (unpaired) electrons. The van der Waals surface area contributed by atoms with Crippen LogP contribution in [0.1, 0.15) is 21.5 Å². The molecule has 1 N–H and O–H groups in total. The number of anilines is 1. The molecular formula is C23H20N2O2S. The third kappa shape index (κ3) is 2.87. The summed E-state index contributed by atoms with van der Waals surface area (Å²) < 4.78 is 0. The van der Waals surface area contributed by atoms with Gasteiger partial charge in [-0.1, -0.05) is 42.5 Å². The average Bonchev–Trinajstić information content (AvgIpc) is 3.39. The fraction of sp³-hybridized carbons (Fsp3) is 0.217. The number of nitrogens with zero attached hydrogens (tertiary/aromatic N) is 1. The minimum atomic E-state index is -0.458. The second-order valence-corrected chi connectivity index (χ2v) is 8.26. The fourth-order valence-electron chi connectivity index (χ4n) is 4.18. The summed E-state index contributed by atoms with van der Waals surface area (Å²) in [4.78, 5) is 27.6. The Morgan fingerprint density at radius 2 is 1.71 bits per heavy atom. The van der Waals surface area contributed by atoms with Crippen LogP contribution in [-0.4, -0.2) is 34.4 Å². The highest BCUT2D eigenvalue weighted by atomic mass is 32.2. The lowest BCUT2D eigenvalue weighted by atomic mass is 10.0. The molecule has 1 aliphatic carbocycles. The third-order valence-electron chi connectivity index (χ3n) is 5.60. The first-order valence-electron chi connectivity index (χ1n) is 9.50. The fourth-order valence-corrected chi connectivity index (χ4v) is 5.33. The summed E-state index contributed by atoms with van der Waals surface area (Å²) in [5, 5.41) is 5.47. The van der Waals surface area contributed by atoms with Crippen molar-refractivity contribution in [1.29, 1.82) is 0 Å². The van der Waals surface area contributed by atoms with Crippen LogP contribution in [0.3, 0.4) is 0 Å². The van der Waals surface area contributed by atoms with Gasteiger partial charge in [0.15, 0.2) is 0 Å². The molecule has 1 heterocycles. The van der Waals surface area contributed by atoms with Crippen molar-refractivity contribution in [2.75, 3.05) is 16.9 Å². The van der Waals surface area contributed by atoms with Gasteiger partial charge in [-0.15, -0.1) is 11.8 Å². The van der Waals surface area contributed by atoms with Gasteiger partial charge >= 0.3 is 0 Å². The lowest BCUT2D eigenvalue weighted by Gasteiger charge is -2.23. The molecule has 0 bridgehead atoms. The van der Waals surface area contributed by atoms with E-state index in [1.807, 2.05) is 24.3 Å². The first kappa shape index (κ1) is 17.3. The molecule has 1 aliphatic heterocycles. The van der Waals surface area contributed by atoms with Crippen LogP contribution in [0.2, 0.25) is 0 Å². The molecule has 3 aromatic carbocycles. The van der Waals surface area contributed by atoms with Crippen molar-refractivity contribution in [1.82, 2.24) is 4.90 Å². The van der Waals surface area contributed by atoms with Gasteiger partial charge < -0.3 is 10.2 Å². The largest absolute Gasteiger partial charge is 0.324 e. The van der Waals surface area contributed by atoms with Gasteiger partial charge in [0.05, 0.1) is 5.88 Å². The van der Waals surface area contributed by atoms with E-state index in [2.05, 4.69) is 29.6 Å². The maximum Gasteiger partial charge on any atom is 0.255 e. The number of hydrogen-bond acceptors (Lipinski definition) is 3. The molecule has 5 rings (SSSR count). The van der Waals surface area contributed by atoms with Crippen LogP contribution in [0.5, 0.6) is 0 Å². The standard InChI is InChI=1S/C23H20N2O2S/c26-22(20-13-28-14-25(20)23(27)17-5-2-1-3-6-17)24-19-12-11-16-10-9-15-7-4-8-18(19)21(15)16/h1-8,11-12,20H,9-10,13-14H2,(H,24,26). The SMILES string of the molecule is O=C(Nc1ccc2c3c(cccc13)CC2)C1CSCN1C(=O)c1ccccc1. The molecular weight excluding hydrogens is 368 g/mol. The summed E-state index contributed by atoms with van der Waals surface area (Å²) in [6.45, 7) is 0. The van der Waals surface area contributed by atoms with E-state index in [1.54, 1.807) is 28.8 Å². The van der Waals surface area contributed by atoms with E-state index in [0.717, 1.165) is 23.9 Å². The van der Waals surface area contributed by atoms with Crippen molar-refractivity contribution in [3.63, 3.8) is 0 Å². The van der Waals surface area contributed by atoms with E-state index in [-0.39, 0.29) is 11.8 Å². The van der Waals surface area contributed by atoms with E-state index in [9.17, 15) is 9.59 Å². The van der Waals surface area contributed by atoms with Crippen LogP contribution in [0.15, 0.2) is 60.7 Å². The summed E-state index contributed by atoms with van der Waals surface area (Å²) in [7, 11) is 0. The van der Waals surface area contributed by atoms with E-state index < -0.39 is 6.04 Å². The van der Waals surface area contributed by atoms with Gasteiger partial charge in [-0.2, -0.15) is 0 Å². The second-order valence-electron chi connectivity index (χ2n) is 7.26. The number of rotatable bonds is 3. The monoisotopic (exact) mass is 388 g/mol. The van der Waals surface area contributed by atoms with Gasteiger partial charge in [-0.25, -0.2) is 0 Å². The molecule has 5 heteroatoms. The number of amides is 2. The highest BCUT2D eigenvalue weighted by Crippen LogP contribution is 2.35. The van der Waals surface area contributed by atoms with Gasteiger partial charge in [-0.3, -0.25) is 9.59 Å². The Morgan fingerprint density at radius 1 is 0.929 bits per heavy atom. The number of carbonyl (C=O) groups is 2. The lowest BCUT2D eigenvalue weighted by molar-refractivity contribution is -0.119. The van der Waals surface area contributed by atoms with Crippen molar-refractivity contribution in [3.05, 3.63) is 77.4 Å². The van der Waals surface area contributed by atoms with Crippen LogP contribution < -0.4 is 5.32 Å². The molecule has 1 saturated heterocycles. The minimum Gasteiger partial charge on any atom is -0.324 e. The Balaban J connectivity index is 1.41. The highest BCUT2D eigenvalue weighted by molar-refractivity contribution is 7.99. The Morgan fingerprint density at radius 3 is 2.54 bits per heavy atom. The third-order valence-corrected chi connectivity index (χ3v) is 6.61. The smallest absolute Gasteiger partial charge is 0.255 e. The van der Waals surface area contributed by atoms with Crippen molar-refractivity contribution in [2.45, 2.75) is 18.9 Å². The van der Waals surface area contributed by atoms with Crippen molar-refractivity contribution in [2.24, 2.45) is 0 Å². The summed E-state index contributed by atoms with van der Waals surface area (Å²) >= 11 is 1.61. The predicted octanol–water partition coefficient (Wildman–Crippen LogP) is 4.09. The van der Waals surface area contributed by atoms with Gasteiger partial charge in [0.2, 0.25) is 5.91 Å². The molecule has 0 spiro atoms. The van der Waals surface area contributed by atoms with Crippen LogP contribution in [0, 0.1) is 0 Å². The van der Waals surface area contributed by atoms with Crippen LogP contribution in [0.25, 0.3) is 10.8 Å². The molecule has 0 saturated carbocycles. The number of benzene rings is 3. The normalized spacial score (nSPS) is 17.9. The van der Waals surface area contributed by atoms with E-state index >= 15 is 0 Å². The van der Waals surface area contributed by atoms with E-state index in [4.69, 9.17) is 0 Å². The molecule has 2 aliphatic rings. The quantitative estimate of drug-likeness (QED) is 0.735. The van der Waals surface area contributed by atoms with Crippen molar-refractivity contribution < 1.29 is 9.59 Å². The zero-order valence-electron chi connectivity index (χ0n) is 15.4. The summed E-state index contributed by atoms with van der Waals surface area (Å²) in [6, 6.07) is 19.1. The first-order chi connectivity index (χ1) is 13.7. The number of nitrogens with one attached hydrogen (secondary N) is 1. The molecule has 1 fully saturated rings. The van der Waals surface area contributed by atoms with Crippen molar-refractivity contribution in [3.8, 4) is 0 Å². The number of carbonyl (C=O) groups excluding carboxylic acids is 2. The summed E-state index contributed by atoms with van der Waals surface area (Å²) in [5.74, 6) is 0.945. The van der Waals surface area contributed by atoms with E-state index in [1.165, 1.54) is 16.5 Å². The minimum absolute atomic E-state index is 0.0915. The predicted molar refractivity (Wildman–Crippen MR) is 114 cm³/mol. The topological polar surface area (TPSA) is 49.4 Å². The van der Waals surface area contributed by atoms with E-state index in [0.29, 0.717) is 17.2 Å². The van der Waals surface area contributed by atoms with Crippen molar-refractivity contribution >= 4 is 40.0 Å². The first-order valence-corrected chi connectivity index (χ1v) is 10.7. The molecule has 3 aromatic rings. The Kier molecular flexibility index (Phi) is 4.32. The molecule has 140 valence electrons. The number of thioether (sulfide) groups is 1. The maximum atomic E-state index is 13.1. The Bertz CT molecular complexity index is 1070. The molecule has 2 amide bonds. The molecule has 1 atom stereocenters. The van der Waals surface area contributed by atoms with Gasteiger partial charge in [-0.05, 0) is 47.6 Å². The lowest BCUT2D eigenvalue weighted by Crippen LogP contribution is -2.44. The molecule has 0 aromatic heterocycles. The van der Waals surface area contributed by atoms with Crippen LogP contribution in [0.4, 0.5) is 5.69 Å². The van der Waals surface area contributed by atoms with Crippen LogP contribution in [-0.2, 0) is 17.6 Å². The van der Waals surface area contributed by atoms with Crippen LogP contribution >= 0.6 is 11.8 Å². The van der Waals surface area contributed by atoms with Gasteiger partial charge in [0.25, 0.3) is 5.91 Å². The number of aryl methyl sites for hydroxylation is 2. The summed E-state index contributed by atoms with van der Waals surface area (Å²) in [6.07, 6.45) is 2.12. The molecule has 4 nitrogen and oxygen atoms in total. The molecule has 28 heavy (non-hydrogen) atoms. The Labute approximate surface area is 167 Å². The number of hydrogen-bond donors (Lipinski definition) is 1. The van der Waals surface area contributed by atoms with Gasteiger partial charge in [0.1, 0.15) is 6.04 Å².